The van der Waals surface area contributed by atoms with Crippen LogP contribution in [0.25, 0.3) is 0 Å². The van der Waals surface area contributed by atoms with Gasteiger partial charge in [-0.3, -0.25) is 9.59 Å². The first-order chi connectivity index (χ1) is 10.6. The van der Waals surface area contributed by atoms with Gasteiger partial charge in [0.15, 0.2) is 0 Å². The van der Waals surface area contributed by atoms with E-state index in [1.807, 2.05) is 27.7 Å². The summed E-state index contributed by atoms with van der Waals surface area (Å²) in [6.07, 6.45) is 3.12. The van der Waals surface area contributed by atoms with Gasteiger partial charge in [0.05, 0.1) is 6.04 Å². The van der Waals surface area contributed by atoms with Gasteiger partial charge in [0.2, 0.25) is 11.8 Å². The van der Waals surface area contributed by atoms with Gasteiger partial charge in [0, 0.05) is 12.2 Å². The van der Waals surface area contributed by atoms with Gasteiger partial charge in [-0.05, 0) is 24.7 Å². The number of amides is 2. The summed E-state index contributed by atoms with van der Waals surface area (Å²) in [5, 5.41) is 13.6. The van der Waals surface area contributed by atoms with E-state index < -0.39 is 29.9 Å². The first kappa shape index (κ1) is 20.8. The third-order valence-corrected chi connectivity index (χ3v) is 2.93. The fraction of sp³-hybridized carbons (Fsp3) is 0.625. The fourth-order valence-electron chi connectivity index (χ4n) is 2.01. The molecule has 7 heteroatoms. The number of carboxylic acids is 1. The van der Waals surface area contributed by atoms with Crippen LogP contribution in [0, 0.1) is 11.8 Å². The lowest BCUT2D eigenvalue weighted by atomic mass is 10.0. The summed E-state index contributed by atoms with van der Waals surface area (Å²) in [7, 11) is 0. The summed E-state index contributed by atoms with van der Waals surface area (Å²) in [5.74, 6) is -1.99. The number of hydrogen-bond acceptors (Lipinski definition) is 4. The van der Waals surface area contributed by atoms with Crippen molar-refractivity contribution < 1.29 is 24.3 Å². The maximum absolute atomic E-state index is 12.3. The predicted octanol–water partition coefficient (Wildman–Crippen LogP) is 0.888. The van der Waals surface area contributed by atoms with Crippen LogP contribution in [-0.4, -0.2) is 41.3 Å². The minimum atomic E-state index is -1.25. The average Bonchev–Trinajstić information content (AvgIpc) is 2.42. The van der Waals surface area contributed by atoms with Crippen molar-refractivity contribution in [2.75, 3.05) is 0 Å². The van der Waals surface area contributed by atoms with Gasteiger partial charge in [0.25, 0.3) is 0 Å². The molecule has 0 rings (SSSR count). The zero-order chi connectivity index (χ0) is 18.0. The van der Waals surface area contributed by atoms with E-state index >= 15 is 0 Å². The molecular formula is C16H26N2O5. The fourth-order valence-corrected chi connectivity index (χ4v) is 2.01. The summed E-state index contributed by atoms with van der Waals surface area (Å²) < 4.78 is 0. The average molecular weight is 326 g/mol. The summed E-state index contributed by atoms with van der Waals surface area (Å²) in [4.78, 5) is 45.4. The van der Waals surface area contributed by atoms with E-state index in [2.05, 4.69) is 10.6 Å². The Labute approximate surface area is 136 Å². The summed E-state index contributed by atoms with van der Waals surface area (Å²) >= 11 is 0. The molecule has 0 aliphatic rings. The van der Waals surface area contributed by atoms with Crippen molar-refractivity contribution in [3.8, 4) is 0 Å². The van der Waals surface area contributed by atoms with E-state index in [9.17, 15) is 19.2 Å². The Morgan fingerprint density at radius 3 is 1.96 bits per heavy atom. The van der Waals surface area contributed by atoms with Gasteiger partial charge in [-0.2, -0.15) is 0 Å². The van der Waals surface area contributed by atoms with Gasteiger partial charge in [0.1, 0.15) is 12.3 Å². The molecule has 0 aromatic rings. The molecule has 3 N–H and O–H groups in total. The molecular weight excluding hydrogens is 300 g/mol. The lowest BCUT2D eigenvalue weighted by molar-refractivity contribution is -0.131. The lowest BCUT2D eigenvalue weighted by Crippen LogP contribution is -2.50. The van der Waals surface area contributed by atoms with Crippen molar-refractivity contribution in [1.29, 1.82) is 0 Å². The molecule has 0 aliphatic carbocycles. The smallest absolute Gasteiger partial charge is 0.328 e. The normalized spacial score (nSPS) is 13.8. The highest BCUT2D eigenvalue weighted by atomic mass is 16.4. The van der Waals surface area contributed by atoms with Gasteiger partial charge < -0.3 is 20.5 Å². The lowest BCUT2D eigenvalue weighted by Gasteiger charge is -2.22. The van der Waals surface area contributed by atoms with Gasteiger partial charge in [-0.1, -0.05) is 27.7 Å². The number of carbonyl (C=O) groups is 4. The van der Waals surface area contributed by atoms with Crippen molar-refractivity contribution in [3.05, 3.63) is 12.2 Å². The highest BCUT2D eigenvalue weighted by Gasteiger charge is 2.23. The number of aliphatic carboxylic acids is 1. The van der Waals surface area contributed by atoms with Crippen LogP contribution in [-0.2, 0) is 19.2 Å². The minimum Gasteiger partial charge on any atom is -0.478 e. The molecule has 7 nitrogen and oxygen atoms in total. The number of rotatable bonds is 10. The van der Waals surface area contributed by atoms with Gasteiger partial charge >= 0.3 is 5.97 Å². The summed E-state index contributed by atoms with van der Waals surface area (Å²) in [5.41, 5.74) is 0. The Kier molecular flexibility index (Phi) is 9.53. The Balaban J connectivity index is 4.87. The third kappa shape index (κ3) is 10.2. The molecule has 0 aromatic carbocycles. The number of aldehydes is 1. The zero-order valence-corrected chi connectivity index (χ0v) is 14.0. The molecule has 0 heterocycles. The van der Waals surface area contributed by atoms with Crippen LogP contribution < -0.4 is 10.6 Å². The van der Waals surface area contributed by atoms with Crippen LogP contribution >= 0.6 is 0 Å². The van der Waals surface area contributed by atoms with E-state index in [-0.39, 0.29) is 11.8 Å². The monoisotopic (exact) mass is 326 g/mol. The SMILES string of the molecule is CC(C)C[C@@H](C=O)NC(=O)[C@H](CC(C)C)NC(=O)/C=C\C(=O)O. The van der Waals surface area contributed by atoms with Gasteiger partial charge in [-0.15, -0.1) is 0 Å². The van der Waals surface area contributed by atoms with Crippen LogP contribution in [0.4, 0.5) is 0 Å². The minimum absolute atomic E-state index is 0.134. The first-order valence-electron chi connectivity index (χ1n) is 7.62. The standard InChI is InChI=1S/C16H26N2O5/c1-10(2)7-12(9-19)17-16(23)13(8-11(3)4)18-14(20)5-6-15(21)22/h5-6,9-13H,7-8H2,1-4H3,(H,17,23)(H,18,20)(H,21,22)/b6-5-/t12-,13-/m0/s1. The first-order valence-corrected chi connectivity index (χ1v) is 7.62. The Morgan fingerprint density at radius 1 is 0.957 bits per heavy atom. The van der Waals surface area contributed by atoms with Crippen LogP contribution in [0.1, 0.15) is 40.5 Å². The molecule has 0 spiro atoms. The van der Waals surface area contributed by atoms with Crippen molar-refractivity contribution in [1.82, 2.24) is 10.6 Å². The van der Waals surface area contributed by atoms with E-state index in [4.69, 9.17) is 5.11 Å². The van der Waals surface area contributed by atoms with Crippen LogP contribution in [0.5, 0.6) is 0 Å². The quantitative estimate of drug-likeness (QED) is 0.407. The second-order valence-corrected chi connectivity index (χ2v) is 6.24. The Hall–Kier alpha value is -2.18. The molecule has 0 bridgehead atoms. The summed E-state index contributed by atoms with van der Waals surface area (Å²) in [6.45, 7) is 7.66. The van der Waals surface area contributed by atoms with E-state index in [1.165, 1.54) is 0 Å². The Morgan fingerprint density at radius 2 is 1.52 bits per heavy atom. The molecule has 2 amide bonds. The van der Waals surface area contributed by atoms with Crippen LogP contribution in [0.15, 0.2) is 12.2 Å². The molecule has 130 valence electrons. The van der Waals surface area contributed by atoms with Crippen molar-refractivity contribution in [2.45, 2.75) is 52.6 Å². The molecule has 0 saturated heterocycles. The van der Waals surface area contributed by atoms with Crippen molar-refractivity contribution >= 4 is 24.1 Å². The maximum atomic E-state index is 12.3. The number of hydrogen-bond donors (Lipinski definition) is 3. The second kappa shape index (κ2) is 10.5. The number of nitrogens with one attached hydrogen (secondary N) is 2. The zero-order valence-electron chi connectivity index (χ0n) is 14.0. The summed E-state index contributed by atoms with van der Waals surface area (Å²) in [6, 6.07) is -1.43. The molecule has 0 aromatic heterocycles. The predicted molar refractivity (Wildman–Crippen MR) is 85.6 cm³/mol. The topological polar surface area (TPSA) is 113 Å². The molecule has 0 unspecified atom stereocenters. The highest BCUT2D eigenvalue weighted by Crippen LogP contribution is 2.07. The molecule has 23 heavy (non-hydrogen) atoms. The van der Waals surface area contributed by atoms with E-state index in [1.54, 1.807) is 0 Å². The Bertz CT molecular complexity index is 457. The van der Waals surface area contributed by atoms with Crippen molar-refractivity contribution in [2.24, 2.45) is 11.8 Å². The highest BCUT2D eigenvalue weighted by molar-refractivity contribution is 5.96. The second-order valence-electron chi connectivity index (χ2n) is 6.24. The molecule has 2 atom stereocenters. The largest absolute Gasteiger partial charge is 0.478 e. The number of carboxylic acid groups (broad SMARTS) is 1. The third-order valence-electron chi connectivity index (χ3n) is 2.93. The number of carbonyl (C=O) groups excluding carboxylic acids is 3. The van der Waals surface area contributed by atoms with E-state index in [0.717, 1.165) is 6.08 Å². The van der Waals surface area contributed by atoms with Gasteiger partial charge in [-0.25, -0.2) is 4.79 Å². The molecule has 0 radical (unpaired) electrons. The molecule has 0 fully saturated rings. The van der Waals surface area contributed by atoms with Crippen LogP contribution in [0.3, 0.4) is 0 Å². The molecule has 0 saturated carbocycles. The molecule has 0 aliphatic heterocycles. The maximum Gasteiger partial charge on any atom is 0.328 e. The van der Waals surface area contributed by atoms with E-state index in [0.29, 0.717) is 25.2 Å². The van der Waals surface area contributed by atoms with Crippen LogP contribution in [0.2, 0.25) is 0 Å². The van der Waals surface area contributed by atoms with Crippen molar-refractivity contribution in [3.63, 3.8) is 0 Å².